The number of aromatic amines is 2. The van der Waals surface area contributed by atoms with E-state index in [1.807, 2.05) is 36.4 Å². The Balaban J connectivity index is 0.908. The van der Waals surface area contributed by atoms with Crippen molar-refractivity contribution in [2.75, 3.05) is 31.1 Å². The Kier molecular flexibility index (Phi) is 12.7. The summed E-state index contributed by atoms with van der Waals surface area (Å²) in [5.41, 5.74) is 11.5. The minimum absolute atomic E-state index is 0.0606. The normalized spacial score (nSPS) is 22.4. The van der Waals surface area contributed by atoms with Crippen molar-refractivity contribution in [3.63, 3.8) is 0 Å². The van der Waals surface area contributed by atoms with Gasteiger partial charge in [0.1, 0.15) is 24.2 Å². The molecule has 2 N–H and O–H groups in total. The fraction of sp³-hybridized carbons (Fsp3) is 0.414. The SMILES string of the molecule is CC(CN1CCC[C@H]1c1nc2ccc([C@H]3CC[C@H](c4ccc5nc([C@@H]6CCCN6CC(C)C(C=O)c6ccccc6)[nH]c5c4)N3c3ccc(C(C)(C)C)cc3)cc2[nH]1)C(C=O)c1ccccc1. The van der Waals surface area contributed by atoms with Crippen molar-refractivity contribution < 1.29 is 9.59 Å². The molecular formula is C58H67N7O2. The second kappa shape index (κ2) is 19.0. The average molecular weight is 894 g/mol. The van der Waals surface area contributed by atoms with E-state index in [0.717, 1.165) is 122 Å². The highest BCUT2D eigenvalue weighted by molar-refractivity contribution is 5.78. The number of aromatic nitrogens is 4. The summed E-state index contributed by atoms with van der Waals surface area (Å²) in [6.45, 7) is 15.0. The van der Waals surface area contributed by atoms with Gasteiger partial charge in [-0.15, -0.1) is 0 Å². The first-order valence-corrected chi connectivity index (χ1v) is 24.9. The van der Waals surface area contributed by atoms with Crippen LogP contribution in [0.15, 0.2) is 121 Å². The molecule has 3 aliphatic rings. The first-order chi connectivity index (χ1) is 32.6. The lowest BCUT2D eigenvalue weighted by Crippen LogP contribution is -2.31. The zero-order chi connectivity index (χ0) is 46.2. The standard InChI is InChI=1S/C58H67N7O2/c1-38(46(36-66)40-14-8-6-9-15-40)34-63-30-12-18-54(63)56-59-48-26-20-42(32-50(48)61-56)52-28-29-53(65(52)45-24-22-44(23-25-45)58(3,4)5)43-21-27-49-51(33-43)62-57(60-49)55-19-13-31-64(55)35-39(2)47(37-67)41-16-10-7-11-17-41/h6-11,14-17,20-27,32-33,36-39,46-47,52-55H,12-13,18-19,28-31,34-35H2,1-5H3,(H,59,61)(H,60,62)/t38?,39?,46?,47?,52-,53-,54+,55+/m1/s1. The number of benzene rings is 5. The molecule has 10 rings (SSSR count). The first-order valence-electron chi connectivity index (χ1n) is 24.9. The van der Waals surface area contributed by atoms with E-state index in [4.69, 9.17) is 9.97 Å². The van der Waals surface area contributed by atoms with E-state index in [9.17, 15) is 9.59 Å². The van der Waals surface area contributed by atoms with Crippen LogP contribution in [0.25, 0.3) is 22.1 Å². The highest BCUT2D eigenvalue weighted by atomic mass is 16.1. The highest BCUT2D eigenvalue weighted by Crippen LogP contribution is 2.48. The van der Waals surface area contributed by atoms with Gasteiger partial charge in [0.25, 0.3) is 0 Å². The Morgan fingerprint density at radius 1 is 0.582 bits per heavy atom. The maximum Gasteiger partial charge on any atom is 0.127 e. The number of H-pyrrole nitrogens is 2. The van der Waals surface area contributed by atoms with Crippen LogP contribution in [0.5, 0.6) is 0 Å². The van der Waals surface area contributed by atoms with E-state index in [1.54, 1.807) is 0 Å². The van der Waals surface area contributed by atoms with Crippen LogP contribution in [0.2, 0.25) is 0 Å². The number of likely N-dealkylation sites (tertiary alicyclic amines) is 2. The number of anilines is 1. The Morgan fingerprint density at radius 3 is 1.45 bits per heavy atom. The topological polar surface area (TPSA) is 101 Å². The predicted molar refractivity (Wildman–Crippen MR) is 270 cm³/mol. The zero-order valence-corrected chi connectivity index (χ0v) is 39.9. The van der Waals surface area contributed by atoms with E-state index in [0.29, 0.717) is 0 Å². The third-order valence-corrected chi connectivity index (χ3v) is 15.5. The van der Waals surface area contributed by atoms with E-state index in [1.165, 1.54) is 22.4 Å². The van der Waals surface area contributed by atoms with Crippen molar-refractivity contribution in [1.29, 1.82) is 0 Å². The maximum atomic E-state index is 12.3. The summed E-state index contributed by atoms with van der Waals surface area (Å²) in [6.07, 6.45) is 8.64. The van der Waals surface area contributed by atoms with E-state index in [2.05, 4.69) is 144 Å². The molecule has 346 valence electrons. The molecule has 5 heterocycles. The molecule has 0 amide bonds. The fourth-order valence-electron chi connectivity index (χ4n) is 11.9. The van der Waals surface area contributed by atoms with Gasteiger partial charge in [-0.2, -0.15) is 0 Å². The van der Waals surface area contributed by atoms with Gasteiger partial charge in [0, 0.05) is 30.6 Å². The molecule has 67 heavy (non-hydrogen) atoms. The molecule has 0 bridgehead atoms. The molecule has 0 aliphatic carbocycles. The van der Waals surface area contributed by atoms with Crippen molar-refractivity contribution in [2.24, 2.45) is 11.8 Å². The number of rotatable bonds is 15. The number of nitrogens with one attached hydrogen (secondary N) is 2. The quantitative estimate of drug-likeness (QED) is 0.0989. The van der Waals surface area contributed by atoms with Gasteiger partial charge in [0.15, 0.2) is 0 Å². The smallest absolute Gasteiger partial charge is 0.127 e. The first kappa shape index (κ1) is 44.9. The van der Waals surface area contributed by atoms with Crippen molar-refractivity contribution >= 4 is 40.3 Å². The third-order valence-electron chi connectivity index (χ3n) is 15.5. The van der Waals surface area contributed by atoms with Gasteiger partial charge in [0.2, 0.25) is 0 Å². The van der Waals surface area contributed by atoms with E-state index >= 15 is 0 Å². The Morgan fingerprint density at radius 2 is 1.03 bits per heavy atom. The summed E-state index contributed by atoms with van der Waals surface area (Å²) < 4.78 is 0. The third kappa shape index (κ3) is 9.13. The number of fused-ring (bicyclic) bond motifs is 2. The largest absolute Gasteiger partial charge is 0.357 e. The molecule has 3 aliphatic heterocycles. The number of carbonyl (C=O) groups is 2. The fourth-order valence-corrected chi connectivity index (χ4v) is 11.9. The van der Waals surface area contributed by atoms with Crippen LogP contribution < -0.4 is 4.90 Å². The number of hydrogen-bond acceptors (Lipinski definition) is 7. The number of hydrogen-bond donors (Lipinski definition) is 2. The van der Waals surface area contributed by atoms with Crippen molar-refractivity contribution in [3.8, 4) is 0 Å². The molecule has 4 unspecified atom stereocenters. The lowest BCUT2D eigenvalue weighted by molar-refractivity contribution is -0.110. The van der Waals surface area contributed by atoms with Crippen LogP contribution in [-0.4, -0.2) is 68.5 Å². The molecule has 0 spiro atoms. The van der Waals surface area contributed by atoms with Crippen molar-refractivity contribution in [2.45, 2.75) is 115 Å². The summed E-state index contributed by atoms with van der Waals surface area (Å²) in [7, 11) is 0. The molecule has 9 heteroatoms. The number of carbonyl (C=O) groups excluding carboxylic acids is 2. The minimum Gasteiger partial charge on any atom is -0.357 e. The summed E-state index contributed by atoms with van der Waals surface area (Å²) in [4.78, 5) is 50.4. The van der Waals surface area contributed by atoms with Crippen LogP contribution in [0.4, 0.5) is 5.69 Å². The molecule has 9 nitrogen and oxygen atoms in total. The number of aldehydes is 2. The zero-order valence-electron chi connectivity index (χ0n) is 39.9. The maximum absolute atomic E-state index is 12.3. The monoisotopic (exact) mass is 894 g/mol. The van der Waals surface area contributed by atoms with Crippen molar-refractivity contribution in [1.82, 2.24) is 29.7 Å². The lowest BCUT2D eigenvalue weighted by Gasteiger charge is -2.34. The second-order valence-corrected chi connectivity index (χ2v) is 21.0. The van der Waals surface area contributed by atoms with Crippen LogP contribution in [0.1, 0.15) is 149 Å². The molecule has 7 aromatic rings. The average Bonchev–Trinajstić information content (AvgIpc) is 4.20. The van der Waals surface area contributed by atoms with Gasteiger partial charge < -0.3 is 24.5 Å². The predicted octanol–water partition coefficient (Wildman–Crippen LogP) is 12.3. The highest BCUT2D eigenvalue weighted by Gasteiger charge is 2.38. The minimum atomic E-state index is -0.130. The van der Waals surface area contributed by atoms with Crippen molar-refractivity contribution in [3.05, 3.63) is 161 Å². The second-order valence-electron chi connectivity index (χ2n) is 21.0. The van der Waals surface area contributed by atoms with Gasteiger partial charge >= 0.3 is 0 Å². The van der Waals surface area contributed by atoms with E-state index in [-0.39, 0.29) is 53.3 Å². The van der Waals surface area contributed by atoms with Crippen LogP contribution >= 0.6 is 0 Å². The Bertz CT molecular complexity index is 2630. The van der Waals surface area contributed by atoms with Gasteiger partial charge in [-0.1, -0.05) is 120 Å². The molecule has 8 atom stereocenters. The molecular weight excluding hydrogens is 827 g/mol. The summed E-state index contributed by atoms with van der Waals surface area (Å²) in [5, 5.41) is 0. The van der Waals surface area contributed by atoms with E-state index < -0.39 is 0 Å². The summed E-state index contributed by atoms with van der Waals surface area (Å²) in [5.74, 6) is 2.16. The molecule has 3 fully saturated rings. The van der Waals surface area contributed by atoms with Gasteiger partial charge in [-0.05, 0) is 133 Å². The molecule has 3 saturated heterocycles. The van der Waals surface area contributed by atoms with Crippen LogP contribution in [0.3, 0.4) is 0 Å². The van der Waals surface area contributed by atoms with Crippen LogP contribution in [-0.2, 0) is 15.0 Å². The van der Waals surface area contributed by atoms with Gasteiger partial charge in [0.05, 0.1) is 46.2 Å². The Hall–Kier alpha value is -5.90. The number of imidazole rings is 2. The molecule has 0 saturated carbocycles. The number of nitrogens with zero attached hydrogens (tertiary/aromatic N) is 5. The van der Waals surface area contributed by atoms with Gasteiger partial charge in [-0.3, -0.25) is 9.80 Å². The molecule has 5 aromatic carbocycles. The Labute approximate surface area is 396 Å². The summed E-state index contributed by atoms with van der Waals surface area (Å²) in [6, 6.07) is 44.2. The lowest BCUT2D eigenvalue weighted by atomic mass is 9.87. The van der Waals surface area contributed by atoms with Gasteiger partial charge in [-0.25, -0.2) is 9.97 Å². The molecule has 2 aromatic heterocycles. The summed E-state index contributed by atoms with van der Waals surface area (Å²) >= 11 is 0. The van der Waals surface area contributed by atoms with Crippen LogP contribution in [0, 0.1) is 11.8 Å². The molecule has 0 radical (unpaired) electrons.